The van der Waals surface area contributed by atoms with Crippen molar-refractivity contribution in [3.05, 3.63) is 33.6 Å². The van der Waals surface area contributed by atoms with Crippen LogP contribution in [0.25, 0.3) is 0 Å². The van der Waals surface area contributed by atoms with Gasteiger partial charge in [0, 0.05) is 16.6 Å². The van der Waals surface area contributed by atoms with Crippen LogP contribution in [0.3, 0.4) is 0 Å². The van der Waals surface area contributed by atoms with Crippen LogP contribution in [0.5, 0.6) is 0 Å². The summed E-state index contributed by atoms with van der Waals surface area (Å²) in [6.07, 6.45) is 2.36. The summed E-state index contributed by atoms with van der Waals surface area (Å²) in [6, 6.07) is 2.55. The Kier molecular flexibility index (Phi) is 8.09. The third kappa shape index (κ3) is 4.60. The fourth-order valence-electron chi connectivity index (χ4n) is 1.54. The van der Waals surface area contributed by atoms with Crippen molar-refractivity contribution in [1.82, 2.24) is 0 Å². The van der Waals surface area contributed by atoms with E-state index >= 15 is 0 Å². The predicted molar refractivity (Wildman–Crippen MR) is 73.5 cm³/mol. The van der Waals surface area contributed by atoms with Gasteiger partial charge in [-0.2, -0.15) is 0 Å². The highest BCUT2D eigenvalue weighted by molar-refractivity contribution is 6.33. The molecule has 0 radical (unpaired) electrons. The highest BCUT2D eigenvalue weighted by Crippen LogP contribution is 2.31. The Hall–Kier alpha value is -0.0600. The molecule has 0 heterocycles. The van der Waals surface area contributed by atoms with Crippen molar-refractivity contribution in [2.45, 2.75) is 25.3 Å². The molecule has 0 aliphatic heterocycles. The summed E-state index contributed by atoms with van der Waals surface area (Å²) in [5.74, 6) is -0.519. The lowest BCUT2D eigenvalue weighted by Crippen LogP contribution is -2.13. The second-order valence-corrected chi connectivity index (χ2v) is 4.46. The minimum Gasteiger partial charge on any atom is -0.330 e. The van der Waals surface area contributed by atoms with E-state index in [1.165, 1.54) is 6.07 Å². The second-order valence-electron chi connectivity index (χ2n) is 3.65. The molecular formula is C11H16Cl3FN2. The van der Waals surface area contributed by atoms with E-state index in [0.717, 1.165) is 12.8 Å². The topological polar surface area (TPSA) is 52.0 Å². The lowest BCUT2D eigenvalue weighted by Gasteiger charge is -2.15. The number of benzene rings is 1. The largest absolute Gasteiger partial charge is 0.330 e. The fraction of sp³-hybridized carbons (Fsp3) is 0.455. The van der Waals surface area contributed by atoms with E-state index in [1.807, 2.05) is 0 Å². The van der Waals surface area contributed by atoms with Crippen molar-refractivity contribution in [1.29, 1.82) is 0 Å². The Morgan fingerprint density at radius 3 is 2.35 bits per heavy atom. The van der Waals surface area contributed by atoms with Crippen LogP contribution in [0, 0.1) is 5.82 Å². The number of rotatable bonds is 5. The van der Waals surface area contributed by atoms with Gasteiger partial charge in [-0.1, -0.05) is 29.6 Å². The average Bonchev–Trinajstić information content (AvgIpc) is 2.24. The molecule has 17 heavy (non-hydrogen) atoms. The third-order valence-electron chi connectivity index (χ3n) is 2.42. The number of hydrogen-bond donors (Lipinski definition) is 2. The molecule has 1 atom stereocenters. The number of hydrogen-bond acceptors (Lipinski definition) is 2. The summed E-state index contributed by atoms with van der Waals surface area (Å²) in [6.45, 7) is 0.610. The van der Waals surface area contributed by atoms with Gasteiger partial charge in [-0.3, -0.25) is 0 Å². The van der Waals surface area contributed by atoms with Crippen molar-refractivity contribution in [3.63, 3.8) is 0 Å². The zero-order valence-corrected chi connectivity index (χ0v) is 11.6. The summed E-state index contributed by atoms with van der Waals surface area (Å²) < 4.78 is 13.7. The van der Waals surface area contributed by atoms with Crippen molar-refractivity contribution in [2.75, 3.05) is 6.54 Å². The number of unbranched alkanes of at least 4 members (excludes halogenated alkanes) is 1. The molecule has 0 bridgehead atoms. The van der Waals surface area contributed by atoms with Gasteiger partial charge in [0.1, 0.15) is 5.82 Å². The van der Waals surface area contributed by atoms with Crippen molar-refractivity contribution in [2.24, 2.45) is 11.5 Å². The lowest BCUT2D eigenvalue weighted by atomic mass is 10.0. The highest BCUT2D eigenvalue weighted by atomic mass is 35.5. The van der Waals surface area contributed by atoms with Crippen molar-refractivity contribution < 1.29 is 4.39 Å². The molecule has 0 aromatic heterocycles. The smallest absolute Gasteiger partial charge is 0.148 e. The zero-order valence-electron chi connectivity index (χ0n) is 9.26. The van der Waals surface area contributed by atoms with Crippen LogP contribution in [0.1, 0.15) is 30.9 Å². The molecular weight excluding hydrogens is 285 g/mol. The molecule has 1 aromatic rings. The van der Waals surface area contributed by atoms with Gasteiger partial charge in [-0.25, -0.2) is 4.39 Å². The highest BCUT2D eigenvalue weighted by Gasteiger charge is 2.17. The van der Waals surface area contributed by atoms with Crippen molar-refractivity contribution in [3.8, 4) is 0 Å². The molecule has 0 saturated carbocycles. The molecule has 0 aliphatic rings. The average molecular weight is 302 g/mol. The van der Waals surface area contributed by atoms with E-state index in [1.54, 1.807) is 6.07 Å². The number of halogens is 4. The maximum atomic E-state index is 13.7. The molecule has 0 amide bonds. The Morgan fingerprint density at radius 2 is 1.76 bits per heavy atom. The third-order valence-corrected chi connectivity index (χ3v) is 3.04. The monoisotopic (exact) mass is 300 g/mol. The van der Waals surface area contributed by atoms with E-state index in [4.69, 9.17) is 34.7 Å². The van der Waals surface area contributed by atoms with Gasteiger partial charge in [-0.05, 0) is 31.5 Å². The molecule has 1 rings (SSSR count). The molecule has 98 valence electrons. The Balaban J connectivity index is 0.00000256. The van der Waals surface area contributed by atoms with Crippen LogP contribution in [0.15, 0.2) is 12.1 Å². The van der Waals surface area contributed by atoms with E-state index in [-0.39, 0.29) is 17.4 Å². The number of nitrogens with two attached hydrogens (primary N) is 2. The summed E-state index contributed by atoms with van der Waals surface area (Å²) in [5, 5.41) is 0.371. The maximum Gasteiger partial charge on any atom is 0.148 e. The maximum absolute atomic E-state index is 13.7. The first kappa shape index (κ1) is 16.9. The summed E-state index contributed by atoms with van der Waals surface area (Å²) >= 11 is 11.6. The molecule has 4 N–H and O–H groups in total. The standard InChI is InChI=1S/C11H15Cl2FN2.ClH/c12-7-4-5-8(13)11(14)10(7)9(16)3-1-2-6-15;/h4-5,9H,1-3,6,15-16H2;1H/t9-;/m1./s1. The first-order chi connectivity index (χ1) is 7.57. The molecule has 0 fully saturated rings. The Bertz CT molecular complexity index is 361. The van der Waals surface area contributed by atoms with Gasteiger partial charge in [0.25, 0.3) is 0 Å². The van der Waals surface area contributed by atoms with Gasteiger partial charge < -0.3 is 11.5 Å². The van der Waals surface area contributed by atoms with Crippen molar-refractivity contribution >= 4 is 35.6 Å². The lowest BCUT2D eigenvalue weighted by molar-refractivity contribution is 0.543. The molecule has 1 aromatic carbocycles. The van der Waals surface area contributed by atoms with Gasteiger partial charge in [0.05, 0.1) is 5.02 Å². The van der Waals surface area contributed by atoms with Gasteiger partial charge in [0.15, 0.2) is 0 Å². The second kappa shape index (κ2) is 8.11. The minimum atomic E-state index is -0.519. The summed E-state index contributed by atoms with van der Waals surface area (Å²) in [7, 11) is 0. The Labute approximate surface area is 117 Å². The van der Waals surface area contributed by atoms with Crippen LogP contribution in [0.2, 0.25) is 10.0 Å². The van der Waals surface area contributed by atoms with Crippen LogP contribution < -0.4 is 11.5 Å². The van der Waals surface area contributed by atoms with Gasteiger partial charge >= 0.3 is 0 Å². The van der Waals surface area contributed by atoms with E-state index in [9.17, 15) is 4.39 Å². The Morgan fingerprint density at radius 1 is 1.18 bits per heavy atom. The van der Waals surface area contributed by atoms with E-state index in [2.05, 4.69) is 0 Å². The van der Waals surface area contributed by atoms with Crippen LogP contribution in [0.4, 0.5) is 4.39 Å². The van der Waals surface area contributed by atoms with Crippen LogP contribution >= 0.6 is 35.6 Å². The SMILES string of the molecule is Cl.NCCCC[C@@H](N)c1c(Cl)ccc(Cl)c1F. The molecule has 2 nitrogen and oxygen atoms in total. The van der Waals surface area contributed by atoms with E-state index < -0.39 is 11.9 Å². The summed E-state index contributed by atoms with van der Waals surface area (Å²) in [5.41, 5.74) is 11.6. The molecule has 0 spiro atoms. The first-order valence-corrected chi connectivity index (χ1v) is 5.92. The molecule has 0 aliphatic carbocycles. The minimum absolute atomic E-state index is 0. The quantitative estimate of drug-likeness (QED) is 0.644. The predicted octanol–water partition coefficient (Wildman–Crippen LogP) is 3.68. The normalized spacial score (nSPS) is 12.1. The first-order valence-electron chi connectivity index (χ1n) is 5.17. The van der Waals surface area contributed by atoms with Gasteiger partial charge in [-0.15, -0.1) is 12.4 Å². The molecule has 6 heteroatoms. The molecule has 0 saturated heterocycles. The van der Waals surface area contributed by atoms with E-state index in [0.29, 0.717) is 23.6 Å². The van der Waals surface area contributed by atoms with Crippen LogP contribution in [-0.4, -0.2) is 6.54 Å². The van der Waals surface area contributed by atoms with Crippen LogP contribution in [-0.2, 0) is 0 Å². The van der Waals surface area contributed by atoms with Gasteiger partial charge in [0.2, 0.25) is 0 Å². The summed E-state index contributed by atoms with van der Waals surface area (Å²) in [4.78, 5) is 0. The molecule has 0 unspecified atom stereocenters. The fourth-order valence-corrected chi connectivity index (χ4v) is 1.99. The zero-order chi connectivity index (χ0) is 12.1.